The van der Waals surface area contributed by atoms with E-state index in [0.717, 1.165) is 11.3 Å². The Morgan fingerprint density at radius 1 is 1.34 bits per heavy atom. The van der Waals surface area contributed by atoms with Crippen LogP contribution in [0.25, 0.3) is 0 Å². The van der Waals surface area contributed by atoms with Crippen LogP contribution in [0.2, 0.25) is 0 Å². The van der Waals surface area contributed by atoms with Crippen molar-refractivity contribution in [3.05, 3.63) is 53.4 Å². The molecule has 0 saturated carbocycles. The highest BCUT2D eigenvalue weighted by Crippen LogP contribution is 2.45. The van der Waals surface area contributed by atoms with E-state index in [0.29, 0.717) is 32.2 Å². The molecule has 1 N–H and O–H groups in total. The number of hydrogen-bond donors (Lipinski definition) is 1. The zero-order valence-corrected chi connectivity index (χ0v) is 16.9. The first-order valence-electron chi connectivity index (χ1n) is 10.2. The average Bonchev–Trinajstić information content (AvgIpc) is 3.22. The molecule has 2 aliphatic rings. The van der Waals surface area contributed by atoms with Gasteiger partial charge in [-0.3, -0.25) is 9.59 Å². The van der Waals surface area contributed by atoms with E-state index in [-0.39, 0.29) is 30.2 Å². The SMILES string of the molecule is CCc1cc(C(=O)N2CCC[C@@]3(C[C@@H](O)[C@H](c4ccccc4)N(C)C3=O)C2)on1. The molecule has 7 heteroatoms. The highest BCUT2D eigenvalue weighted by Gasteiger charge is 2.52. The molecule has 1 aromatic heterocycles. The maximum atomic E-state index is 13.4. The molecule has 0 bridgehead atoms. The van der Waals surface area contributed by atoms with E-state index in [1.54, 1.807) is 22.9 Å². The number of amides is 2. The normalized spacial score (nSPS) is 27.5. The third kappa shape index (κ3) is 3.44. The minimum atomic E-state index is -0.763. The van der Waals surface area contributed by atoms with Gasteiger partial charge < -0.3 is 19.4 Å². The van der Waals surface area contributed by atoms with E-state index in [2.05, 4.69) is 5.16 Å². The fourth-order valence-electron chi connectivity index (χ4n) is 4.84. The summed E-state index contributed by atoms with van der Waals surface area (Å²) in [6.07, 6.45) is 1.72. The molecule has 29 heavy (non-hydrogen) atoms. The second-order valence-corrected chi connectivity index (χ2v) is 8.19. The third-order valence-corrected chi connectivity index (χ3v) is 6.29. The largest absolute Gasteiger partial charge is 0.391 e. The molecule has 2 fully saturated rings. The van der Waals surface area contributed by atoms with Crippen LogP contribution in [0.5, 0.6) is 0 Å². The first kappa shape index (κ1) is 19.6. The van der Waals surface area contributed by atoms with E-state index < -0.39 is 11.5 Å². The molecule has 1 spiro atoms. The molecule has 2 saturated heterocycles. The van der Waals surface area contributed by atoms with Crippen LogP contribution in [0.1, 0.15) is 54.0 Å². The highest BCUT2D eigenvalue weighted by molar-refractivity contribution is 5.92. The predicted octanol–water partition coefficient (Wildman–Crippen LogP) is 2.42. The van der Waals surface area contributed by atoms with Crippen molar-refractivity contribution < 1.29 is 19.2 Å². The van der Waals surface area contributed by atoms with Gasteiger partial charge in [-0.15, -0.1) is 0 Å². The Labute approximate surface area is 170 Å². The van der Waals surface area contributed by atoms with Gasteiger partial charge in [-0.25, -0.2) is 0 Å². The maximum Gasteiger partial charge on any atom is 0.292 e. The molecular formula is C22H27N3O4. The van der Waals surface area contributed by atoms with Crippen LogP contribution in [0.3, 0.4) is 0 Å². The number of hydrogen-bond acceptors (Lipinski definition) is 5. The molecule has 7 nitrogen and oxygen atoms in total. The zero-order valence-electron chi connectivity index (χ0n) is 16.9. The second kappa shape index (κ2) is 7.63. The number of nitrogens with zero attached hydrogens (tertiary/aromatic N) is 3. The van der Waals surface area contributed by atoms with Gasteiger partial charge in [-0.05, 0) is 31.2 Å². The standard InChI is InChI=1S/C22H27N3O4/c1-3-16-12-18(29-23-16)20(27)25-11-7-10-22(14-25)13-17(26)19(24(2)21(22)28)15-8-5-4-6-9-15/h4-6,8-9,12,17,19,26H,3,7,10-11,13-14H2,1-2H3/t17-,19+,22-/m1/s1. The lowest BCUT2D eigenvalue weighted by Crippen LogP contribution is -2.60. The molecule has 3 heterocycles. The summed E-state index contributed by atoms with van der Waals surface area (Å²) in [4.78, 5) is 29.7. The second-order valence-electron chi connectivity index (χ2n) is 8.19. The van der Waals surface area contributed by atoms with Gasteiger partial charge in [-0.2, -0.15) is 0 Å². The molecule has 2 aliphatic heterocycles. The topological polar surface area (TPSA) is 86.9 Å². The maximum absolute atomic E-state index is 13.4. The molecule has 0 aliphatic carbocycles. The predicted molar refractivity (Wildman–Crippen MR) is 106 cm³/mol. The molecule has 4 rings (SSSR count). The number of carbonyl (C=O) groups is 2. The van der Waals surface area contributed by atoms with Crippen molar-refractivity contribution in [2.75, 3.05) is 20.1 Å². The van der Waals surface area contributed by atoms with E-state index in [1.807, 2.05) is 37.3 Å². The summed E-state index contributed by atoms with van der Waals surface area (Å²) in [5, 5.41) is 14.9. The number of likely N-dealkylation sites (tertiary alicyclic amines) is 2. The fourth-order valence-corrected chi connectivity index (χ4v) is 4.84. The van der Waals surface area contributed by atoms with Gasteiger partial charge in [0.15, 0.2) is 0 Å². The number of aliphatic hydroxyl groups is 1. The molecule has 154 valence electrons. The van der Waals surface area contributed by atoms with Crippen LogP contribution in [0, 0.1) is 5.41 Å². The lowest BCUT2D eigenvalue weighted by molar-refractivity contribution is -0.161. The lowest BCUT2D eigenvalue weighted by atomic mass is 9.69. The Morgan fingerprint density at radius 3 is 2.79 bits per heavy atom. The van der Waals surface area contributed by atoms with Gasteiger partial charge in [0.05, 0.1) is 23.3 Å². The fraction of sp³-hybridized carbons (Fsp3) is 0.500. The van der Waals surface area contributed by atoms with E-state index in [4.69, 9.17) is 4.52 Å². The quantitative estimate of drug-likeness (QED) is 0.860. The number of aliphatic hydroxyl groups excluding tert-OH is 1. The number of aromatic nitrogens is 1. The Morgan fingerprint density at radius 2 is 2.10 bits per heavy atom. The Hall–Kier alpha value is -2.67. The van der Waals surface area contributed by atoms with Crippen LogP contribution in [0.4, 0.5) is 0 Å². The summed E-state index contributed by atoms with van der Waals surface area (Å²) in [7, 11) is 1.74. The molecule has 2 aromatic rings. The summed E-state index contributed by atoms with van der Waals surface area (Å²) in [6.45, 7) is 2.80. The van der Waals surface area contributed by atoms with E-state index >= 15 is 0 Å². The van der Waals surface area contributed by atoms with Gasteiger partial charge >= 0.3 is 0 Å². The summed E-state index contributed by atoms with van der Waals surface area (Å²) in [5.41, 5.74) is 0.888. The Bertz CT molecular complexity index is 896. The number of aryl methyl sites for hydroxylation is 1. The van der Waals surface area contributed by atoms with Gasteiger partial charge in [-0.1, -0.05) is 42.4 Å². The Kier molecular flexibility index (Phi) is 5.17. The minimum absolute atomic E-state index is 0.0130. The van der Waals surface area contributed by atoms with Crippen molar-refractivity contribution in [2.45, 2.75) is 44.8 Å². The minimum Gasteiger partial charge on any atom is -0.391 e. The first-order chi connectivity index (χ1) is 13.9. The molecule has 2 amide bonds. The molecular weight excluding hydrogens is 370 g/mol. The third-order valence-electron chi connectivity index (χ3n) is 6.29. The molecule has 0 unspecified atom stereocenters. The van der Waals surface area contributed by atoms with E-state index in [9.17, 15) is 14.7 Å². The van der Waals surface area contributed by atoms with Crippen LogP contribution in [-0.4, -0.2) is 58.1 Å². The molecule has 3 atom stereocenters. The molecule has 1 aromatic carbocycles. The zero-order chi connectivity index (χ0) is 20.6. The van der Waals surface area contributed by atoms with Crippen molar-refractivity contribution in [3.63, 3.8) is 0 Å². The highest BCUT2D eigenvalue weighted by atomic mass is 16.5. The number of carbonyl (C=O) groups excluding carboxylic acids is 2. The summed E-state index contributed by atoms with van der Waals surface area (Å²) in [5.74, 6) is -0.0504. The number of benzene rings is 1. The van der Waals surface area contributed by atoms with Crippen molar-refractivity contribution in [3.8, 4) is 0 Å². The van der Waals surface area contributed by atoms with Crippen LogP contribution in [-0.2, 0) is 11.2 Å². The number of likely N-dealkylation sites (N-methyl/N-ethyl adjacent to an activating group) is 1. The summed E-state index contributed by atoms with van der Waals surface area (Å²) < 4.78 is 5.20. The van der Waals surface area contributed by atoms with Gasteiger partial charge in [0.2, 0.25) is 11.7 Å². The number of piperidine rings is 2. The number of rotatable bonds is 3. The smallest absolute Gasteiger partial charge is 0.292 e. The van der Waals surface area contributed by atoms with Crippen LogP contribution in [0.15, 0.2) is 40.9 Å². The van der Waals surface area contributed by atoms with Gasteiger partial charge in [0.25, 0.3) is 5.91 Å². The molecule has 0 radical (unpaired) electrons. The summed E-state index contributed by atoms with van der Waals surface area (Å²) in [6, 6.07) is 10.9. The van der Waals surface area contributed by atoms with Crippen molar-refractivity contribution >= 4 is 11.8 Å². The first-order valence-corrected chi connectivity index (χ1v) is 10.2. The van der Waals surface area contributed by atoms with Crippen molar-refractivity contribution in [1.29, 1.82) is 0 Å². The van der Waals surface area contributed by atoms with Crippen LogP contribution < -0.4 is 0 Å². The van der Waals surface area contributed by atoms with Crippen LogP contribution >= 0.6 is 0 Å². The van der Waals surface area contributed by atoms with Crippen molar-refractivity contribution in [2.24, 2.45) is 5.41 Å². The van der Waals surface area contributed by atoms with Crippen molar-refractivity contribution in [1.82, 2.24) is 15.0 Å². The lowest BCUT2D eigenvalue weighted by Gasteiger charge is -2.50. The monoisotopic (exact) mass is 397 g/mol. The average molecular weight is 397 g/mol. The van der Waals surface area contributed by atoms with E-state index in [1.165, 1.54) is 0 Å². The Balaban J connectivity index is 1.56. The van der Waals surface area contributed by atoms with Gasteiger partial charge in [0, 0.05) is 26.2 Å². The summed E-state index contributed by atoms with van der Waals surface area (Å²) >= 11 is 0. The van der Waals surface area contributed by atoms with Gasteiger partial charge in [0.1, 0.15) is 0 Å².